The molecule has 1 unspecified atom stereocenters. The third kappa shape index (κ3) is 1.43. The minimum absolute atomic E-state index is 0.246. The van der Waals surface area contributed by atoms with E-state index in [4.69, 9.17) is 0 Å². The molecule has 0 fully saturated rings. The van der Waals surface area contributed by atoms with Gasteiger partial charge in [0.25, 0.3) is 0 Å². The Morgan fingerprint density at radius 2 is 2.07 bits per heavy atom. The molecule has 2 aromatic heterocycles. The molecule has 0 saturated carbocycles. The average molecular weight is 190 g/mol. The Labute approximate surface area is 83.2 Å². The molecule has 0 spiro atoms. The fourth-order valence-corrected chi connectivity index (χ4v) is 1.59. The Balaban J connectivity index is 2.33. The lowest BCUT2D eigenvalue weighted by Crippen LogP contribution is -2.05. The maximum atomic E-state index is 4.37. The van der Waals surface area contributed by atoms with Crippen molar-refractivity contribution in [3.05, 3.63) is 36.2 Å². The Morgan fingerprint density at radius 1 is 1.29 bits per heavy atom. The van der Waals surface area contributed by atoms with Gasteiger partial charge >= 0.3 is 0 Å². The van der Waals surface area contributed by atoms with Crippen molar-refractivity contribution in [1.29, 1.82) is 0 Å². The molecule has 0 saturated heterocycles. The molecule has 14 heavy (non-hydrogen) atoms. The summed E-state index contributed by atoms with van der Waals surface area (Å²) in [6.07, 6.45) is 5.72. The van der Waals surface area contributed by atoms with Crippen LogP contribution in [0, 0.1) is 0 Å². The van der Waals surface area contributed by atoms with Crippen LogP contribution in [0.5, 0.6) is 0 Å². The molecule has 0 aliphatic heterocycles. The van der Waals surface area contributed by atoms with Crippen molar-refractivity contribution in [3.8, 4) is 0 Å². The van der Waals surface area contributed by atoms with Crippen LogP contribution in [-0.4, -0.2) is 19.3 Å². The van der Waals surface area contributed by atoms with Crippen molar-refractivity contribution in [2.45, 2.75) is 12.8 Å². The van der Waals surface area contributed by atoms with Crippen LogP contribution in [0.15, 0.2) is 24.7 Å². The van der Waals surface area contributed by atoms with Gasteiger partial charge in [0.15, 0.2) is 0 Å². The van der Waals surface area contributed by atoms with Gasteiger partial charge in [-0.15, -0.1) is 0 Å². The molecule has 1 atom stereocenters. The molecule has 0 radical (unpaired) electrons. The first-order valence-electron chi connectivity index (χ1n) is 4.65. The molecule has 4 nitrogen and oxygen atoms in total. The zero-order valence-electron chi connectivity index (χ0n) is 8.68. The summed E-state index contributed by atoms with van der Waals surface area (Å²) in [4.78, 5) is 4.32. The molecule has 0 N–H and O–H groups in total. The average Bonchev–Trinajstić information content (AvgIpc) is 2.73. The fraction of sp³-hybridized carbons (Fsp3) is 0.400. The van der Waals surface area contributed by atoms with Crippen molar-refractivity contribution < 1.29 is 0 Å². The normalized spacial score (nSPS) is 13.1. The summed E-state index contributed by atoms with van der Waals surface area (Å²) in [6.45, 7) is 2.12. The molecule has 0 aliphatic rings. The molecule has 4 heteroatoms. The van der Waals surface area contributed by atoms with E-state index < -0.39 is 0 Å². The number of rotatable bonds is 2. The van der Waals surface area contributed by atoms with E-state index >= 15 is 0 Å². The van der Waals surface area contributed by atoms with Gasteiger partial charge in [-0.2, -0.15) is 5.10 Å². The molecule has 2 rings (SSSR count). The zero-order valence-corrected chi connectivity index (χ0v) is 8.68. The van der Waals surface area contributed by atoms with Crippen LogP contribution < -0.4 is 0 Å². The summed E-state index contributed by atoms with van der Waals surface area (Å²) in [5.74, 6) is 1.29. The monoisotopic (exact) mass is 190 g/mol. The van der Waals surface area contributed by atoms with Gasteiger partial charge in [0.1, 0.15) is 5.82 Å². The lowest BCUT2D eigenvalue weighted by Gasteiger charge is -2.07. The Kier molecular flexibility index (Phi) is 2.11. The number of nitrogens with zero attached hydrogens (tertiary/aromatic N) is 4. The molecule has 2 heterocycles. The van der Waals surface area contributed by atoms with E-state index in [1.807, 2.05) is 48.0 Å². The van der Waals surface area contributed by atoms with Crippen molar-refractivity contribution in [2.24, 2.45) is 14.1 Å². The van der Waals surface area contributed by atoms with Gasteiger partial charge in [-0.05, 0) is 13.0 Å². The largest absolute Gasteiger partial charge is 0.337 e. The van der Waals surface area contributed by atoms with E-state index in [1.165, 1.54) is 0 Å². The molecule has 0 aromatic carbocycles. The van der Waals surface area contributed by atoms with E-state index in [2.05, 4.69) is 17.0 Å². The van der Waals surface area contributed by atoms with Gasteiger partial charge in [-0.1, -0.05) is 0 Å². The highest BCUT2D eigenvalue weighted by Gasteiger charge is 2.14. The highest BCUT2D eigenvalue weighted by atomic mass is 15.2. The number of aryl methyl sites for hydroxylation is 2. The summed E-state index contributed by atoms with van der Waals surface area (Å²) in [7, 11) is 3.93. The van der Waals surface area contributed by atoms with Gasteiger partial charge in [0.05, 0.1) is 11.6 Å². The SMILES string of the molecule is CC(c1ccn(C)n1)c1nccn1C. The van der Waals surface area contributed by atoms with Crippen molar-refractivity contribution >= 4 is 0 Å². The van der Waals surface area contributed by atoms with Crippen molar-refractivity contribution in [3.63, 3.8) is 0 Å². The second-order valence-corrected chi connectivity index (χ2v) is 3.53. The van der Waals surface area contributed by atoms with E-state index in [0.29, 0.717) is 0 Å². The highest BCUT2D eigenvalue weighted by molar-refractivity contribution is 5.16. The van der Waals surface area contributed by atoms with Gasteiger partial charge in [-0.3, -0.25) is 4.68 Å². The topological polar surface area (TPSA) is 35.6 Å². The van der Waals surface area contributed by atoms with Gasteiger partial charge < -0.3 is 4.57 Å². The second kappa shape index (κ2) is 3.29. The van der Waals surface area contributed by atoms with Crippen LogP contribution in [0.25, 0.3) is 0 Å². The van der Waals surface area contributed by atoms with Crippen molar-refractivity contribution in [1.82, 2.24) is 19.3 Å². The molecular weight excluding hydrogens is 176 g/mol. The Bertz CT molecular complexity index is 427. The Morgan fingerprint density at radius 3 is 2.57 bits per heavy atom. The molecule has 0 amide bonds. The first-order chi connectivity index (χ1) is 6.68. The van der Waals surface area contributed by atoms with Crippen LogP contribution in [-0.2, 0) is 14.1 Å². The first-order valence-corrected chi connectivity index (χ1v) is 4.65. The first kappa shape index (κ1) is 8.99. The quantitative estimate of drug-likeness (QED) is 0.715. The van der Waals surface area contributed by atoms with E-state index in [9.17, 15) is 0 Å². The van der Waals surface area contributed by atoms with Gasteiger partial charge in [-0.25, -0.2) is 4.98 Å². The number of imidazole rings is 1. The highest BCUT2D eigenvalue weighted by Crippen LogP contribution is 2.19. The smallest absolute Gasteiger partial charge is 0.117 e. The van der Waals surface area contributed by atoms with Crippen LogP contribution in [0.3, 0.4) is 0 Å². The second-order valence-electron chi connectivity index (χ2n) is 3.53. The van der Waals surface area contributed by atoms with Crippen LogP contribution in [0.1, 0.15) is 24.4 Å². The number of hydrogen-bond acceptors (Lipinski definition) is 2. The number of hydrogen-bond donors (Lipinski definition) is 0. The zero-order chi connectivity index (χ0) is 10.1. The summed E-state index contributed by atoms with van der Waals surface area (Å²) in [5.41, 5.74) is 1.06. The molecular formula is C10H14N4. The molecule has 0 aliphatic carbocycles. The van der Waals surface area contributed by atoms with Gasteiger partial charge in [0.2, 0.25) is 0 Å². The lowest BCUT2D eigenvalue weighted by atomic mass is 10.1. The predicted molar refractivity (Wildman–Crippen MR) is 53.9 cm³/mol. The van der Waals surface area contributed by atoms with Gasteiger partial charge in [0, 0.05) is 32.7 Å². The fourth-order valence-electron chi connectivity index (χ4n) is 1.59. The Hall–Kier alpha value is -1.58. The third-order valence-corrected chi connectivity index (χ3v) is 2.42. The van der Waals surface area contributed by atoms with Crippen molar-refractivity contribution in [2.75, 3.05) is 0 Å². The predicted octanol–water partition coefficient (Wildman–Crippen LogP) is 1.31. The summed E-state index contributed by atoms with van der Waals surface area (Å²) in [6, 6.07) is 2.03. The van der Waals surface area contributed by atoms with Crippen LogP contribution >= 0.6 is 0 Å². The molecule has 2 aromatic rings. The van der Waals surface area contributed by atoms with E-state index in [1.54, 1.807) is 0 Å². The van der Waals surface area contributed by atoms with Crippen LogP contribution in [0.2, 0.25) is 0 Å². The lowest BCUT2D eigenvalue weighted by molar-refractivity contribution is 0.684. The molecule has 74 valence electrons. The summed E-state index contributed by atoms with van der Waals surface area (Å²) in [5, 5.41) is 4.37. The van der Waals surface area contributed by atoms with E-state index in [-0.39, 0.29) is 5.92 Å². The maximum absolute atomic E-state index is 4.37. The maximum Gasteiger partial charge on any atom is 0.117 e. The summed E-state index contributed by atoms with van der Waals surface area (Å²) < 4.78 is 3.84. The number of aromatic nitrogens is 4. The minimum atomic E-state index is 0.246. The minimum Gasteiger partial charge on any atom is -0.337 e. The van der Waals surface area contributed by atoms with E-state index in [0.717, 1.165) is 11.5 Å². The summed E-state index contributed by atoms with van der Waals surface area (Å²) >= 11 is 0. The third-order valence-electron chi connectivity index (χ3n) is 2.42. The standard InChI is InChI=1S/C10H14N4/c1-8(9-4-6-14(3)12-9)10-11-5-7-13(10)2/h4-8H,1-3H3. The van der Waals surface area contributed by atoms with Crippen LogP contribution in [0.4, 0.5) is 0 Å². The molecule has 0 bridgehead atoms.